The van der Waals surface area contributed by atoms with Crippen LogP contribution < -0.4 is 4.74 Å². The van der Waals surface area contributed by atoms with Gasteiger partial charge in [0.05, 0.1) is 7.11 Å². The van der Waals surface area contributed by atoms with E-state index in [-0.39, 0.29) is 10.9 Å². The lowest BCUT2D eigenvalue weighted by molar-refractivity contribution is -0.0527. The van der Waals surface area contributed by atoms with E-state index in [2.05, 4.69) is 25.4 Å². The van der Waals surface area contributed by atoms with Crippen LogP contribution in [0.2, 0.25) is 0 Å². The highest BCUT2D eigenvalue weighted by Crippen LogP contribution is 2.28. The van der Waals surface area contributed by atoms with Gasteiger partial charge in [0.2, 0.25) is 0 Å². The number of rotatable bonds is 4. The van der Waals surface area contributed by atoms with Gasteiger partial charge in [0.25, 0.3) is 0 Å². The second-order valence-electron chi connectivity index (χ2n) is 2.96. The van der Waals surface area contributed by atoms with Crippen molar-refractivity contribution in [2.45, 2.75) is 11.9 Å². The topological polar surface area (TPSA) is 35.5 Å². The van der Waals surface area contributed by atoms with Crippen molar-refractivity contribution in [1.29, 1.82) is 0 Å². The average molecular weight is 313 g/mol. The second-order valence-corrected chi connectivity index (χ2v) is 3.52. The molecular weight excluding hydrogens is 305 g/mol. The number of alkyl halides is 3. The highest BCUT2D eigenvalue weighted by atomic mass is 79.9. The molecule has 0 saturated carbocycles. The van der Waals surface area contributed by atoms with Crippen LogP contribution in [0.4, 0.5) is 13.2 Å². The average Bonchev–Trinajstić information content (AvgIpc) is 2.29. The third-order valence-corrected chi connectivity index (χ3v) is 2.52. The summed E-state index contributed by atoms with van der Waals surface area (Å²) in [5, 5.41) is 0.267. The highest BCUT2D eigenvalue weighted by molar-refractivity contribution is 9.08. The summed E-state index contributed by atoms with van der Waals surface area (Å²) in [4.78, 5) is 11.3. The Morgan fingerprint density at radius 1 is 1.47 bits per heavy atom. The number of benzene rings is 1. The Morgan fingerprint density at radius 2 is 2.12 bits per heavy atom. The molecule has 0 N–H and O–H groups in total. The monoisotopic (exact) mass is 312 g/mol. The number of esters is 1. The molecule has 3 nitrogen and oxygen atoms in total. The molecule has 0 bridgehead atoms. The summed E-state index contributed by atoms with van der Waals surface area (Å²) in [5.41, 5.74) is 0.0340. The van der Waals surface area contributed by atoms with E-state index >= 15 is 0 Å². The van der Waals surface area contributed by atoms with Gasteiger partial charge in [-0.05, 0) is 17.7 Å². The quantitative estimate of drug-likeness (QED) is 0.633. The summed E-state index contributed by atoms with van der Waals surface area (Å²) >= 11 is 3.06. The Hall–Kier alpha value is -1.24. The molecule has 1 aromatic carbocycles. The lowest BCUT2D eigenvalue weighted by atomic mass is 10.1. The molecule has 1 aromatic rings. The standard InChI is InChI=1S/C10H8BrF3O3/c1-16-9(15)6-2-5(4-11)3-7(12)8(6)17-10(13)14/h2-3,10H,4H2,1H3. The minimum absolute atomic E-state index is 0.267. The highest BCUT2D eigenvalue weighted by Gasteiger charge is 2.21. The number of ether oxygens (including phenoxy) is 2. The number of halogens is 4. The third kappa shape index (κ3) is 3.36. The largest absolute Gasteiger partial charge is 0.465 e. The second kappa shape index (κ2) is 5.90. The van der Waals surface area contributed by atoms with Crippen molar-refractivity contribution in [2.24, 2.45) is 0 Å². The molecule has 0 radical (unpaired) electrons. The van der Waals surface area contributed by atoms with Crippen molar-refractivity contribution >= 4 is 21.9 Å². The van der Waals surface area contributed by atoms with Crippen molar-refractivity contribution in [1.82, 2.24) is 0 Å². The molecule has 0 amide bonds. The van der Waals surface area contributed by atoms with E-state index in [1.54, 1.807) is 0 Å². The molecule has 0 saturated heterocycles. The number of methoxy groups -OCH3 is 1. The van der Waals surface area contributed by atoms with E-state index in [1.165, 1.54) is 6.07 Å². The summed E-state index contributed by atoms with van der Waals surface area (Å²) < 4.78 is 46.0. The Morgan fingerprint density at radius 3 is 2.59 bits per heavy atom. The van der Waals surface area contributed by atoms with E-state index in [0.717, 1.165) is 13.2 Å². The van der Waals surface area contributed by atoms with Gasteiger partial charge in [0.15, 0.2) is 11.6 Å². The Labute approximate surface area is 104 Å². The van der Waals surface area contributed by atoms with Crippen LogP contribution in [0.5, 0.6) is 5.75 Å². The van der Waals surface area contributed by atoms with Crippen LogP contribution in [0.25, 0.3) is 0 Å². The SMILES string of the molecule is COC(=O)c1cc(CBr)cc(F)c1OC(F)F. The van der Waals surface area contributed by atoms with Crippen molar-refractivity contribution in [3.63, 3.8) is 0 Å². The van der Waals surface area contributed by atoms with Crippen molar-refractivity contribution in [2.75, 3.05) is 7.11 Å². The minimum atomic E-state index is -3.22. The fourth-order valence-corrected chi connectivity index (χ4v) is 1.52. The zero-order valence-electron chi connectivity index (χ0n) is 8.68. The molecule has 0 aliphatic rings. The van der Waals surface area contributed by atoms with E-state index in [9.17, 15) is 18.0 Å². The molecule has 7 heteroatoms. The molecule has 0 spiro atoms. The first-order chi connectivity index (χ1) is 7.99. The van der Waals surface area contributed by atoms with Crippen molar-refractivity contribution in [3.05, 3.63) is 29.1 Å². The van der Waals surface area contributed by atoms with Crippen LogP contribution in [0, 0.1) is 5.82 Å². The molecule has 0 aliphatic heterocycles. The molecule has 0 heterocycles. The molecule has 0 atom stereocenters. The van der Waals surface area contributed by atoms with Crippen LogP contribution in [0.1, 0.15) is 15.9 Å². The van der Waals surface area contributed by atoms with Gasteiger partial charge in [-0.15, -0.1) is 0 Å². The summed E-state index contributed by atoms with van der Waals surface area (Å²) in [6.07, 6.45) is 0. The first kappa shape index (κ1) is 13.8. The lowest BCUT2D eigenvalue weighted by Gasteiger charge is -2.11. The summed E-state index contributed by atoms with van der Waals surface area (Å²) in [7, 11) is 1.06. The van der Waals surface area contributed by atoms with Crippen LogP contribution >= 0.6 is 15.9 Å². The molecule has 0 aliphatic carbocycles. The van der Waals surface area contributed by atoms with Crippen LogP contribution in [-0.4, -0.2) is 19.7 Å². The Bertz CT molecular complexity index is 424. The van der Waals surface area contributed by atoms with Gasteiger partial charge in [0.1, 0.15) is 5.56 Å². The fraction of sp³-hybridized carbons (Fsp3) is 0.300. The number of hydrogen-bond acceptors (Lipinski definition) is 3. The maximum absolute atomic E-state index is 13.5. The summed E-state index contributed by atoms with van der Waals surface area (Å²) in [5.74, 6) is -2.79. The van der Waals surface area contributed by atoms with E-state index < -0.39 is 24.1 Å². The minimum Gasteiger partial charge on any atom is -0.465 e. The van der Waals surface area contributed by atoms with Gasteiger partial charge >= 0.3 is 12.6 Å². The fourth-order valence-electron chi connectivity index (χ4n) is 1.20. The predicted octanol–water partition coefficient (Wildman–Crippen LogP) is 3.11. The maximum Gasteiger partial charge on any atom is 0.387 e. The first-order valence-electron chi connectivity index (χ1n) is 4.41. The van der Waals surface area contributed by atoms with E-state index in [1.807, 2.05) is 0 Å². The van der Waals surface area contributed by atoms with Crippen LogP contribution in [0.15, 0.2) is 12.1 Å². The molecular formula is C10H8BrF3O3. The predicted molar refractivity (Wildman–Crippen MR) is 57.0 cm³/mol. The zero-order chi connectivity index (χ0) is 13.0. The number of hydrogen-bond donors (Lipinski definition) is 0. The molecule has 1 rings (SSSR count). The van der Waals surface area contributed by atoms with Gasteiger partial charge in [-0.3, -0.25) is 0 Å². The van der Waals surface area contributed by atoms with Crippen LogP contribution in [0.3, 0.4) is 0 Å². The molecule has 0 aromatic heterocycles. The third-order valence-electron chi connectivity index (χ3n) is 1.87. The molecule has 17 heavy (non-hydrogen) atoms. The van der Waals surface area contributed by atoms with Crippen molar-refractivity contribution in [3.8, 4) is 5.75 Å². The lowest BCUT2D eigenvalue weighted by Crippen LogP contribution is -2.11. The first-order valence-corrected chi connectivity index (χ1v) is 5.53. The smallest absolute Gasteiger partial charge is 0.387 e. The molecule has 0 unspecified atom stereocenters. The zero-order valence-corrected chi connectivity index (χ0v) is 10.3. The van der Waals surface area contributed by atoms with E-state index in [4.69, 9.17) is 0 Å². The van der Waals surface area contributed by atoms with Gasteiger partial charge < -0.3 is 9.47 Å². The van der Waals surface area contributed by atoms with Crippen LogP contribution in [-0.2, 0) is 10.1 Å². The summed E-state index contributed by atoms with van der Waals surface area (Å²) in [6, 6.07) is 2.22. The molecule has 0 fully saturated rings. The Balaban J connectivity index is 3.29. The number of carbonyl (C=O) groups is 1. The molecule has 94 valence electrons. The van der Waals surface area contributed by atoms with Crippen molar-refractivity contribution < 1.29 is 27.4 Å². The number of carbonyl (C=O) groups excluding carboxylic acids is 1. The van der Waals surface area contributed by atoms with Gasteiger partial charge in [-0.2, -0.15) is 8.78 Å². The van der Waals surface area contributed by atoms with Gasteiger partial charge in [-0.25, -0.2) is 9.18 Å². The Kier molecular flexibility index (Phi) is 4.80. The summed E-state index contributed by atoms with van der Waals surface area (Å²) in [6.45, 7) is -3.22. The van der Waals surface area contributed by atoms with Gasteiger partial charge in [0, 0.05) is 5.33 Å². The normalized spacial score (nSPS) is 10.5. The van der Waals surface area contributed by atoms with E-state index in [0.29, 0.717) is 5.56 Å². The maximum atomic E-state index is 13.5. The van der Waals surface area contributed by atoms with Gasteiger partial charge in [-0.1, -0.05) is 15.9 Å².